The minimum Gasteiger partial charge on any atom is -0.383 e. The highest BCUT2D eigenvalue weighted by atomic mass is 16.5. The summed E-state index contributed by atoms with van der Waals surface area (Å²) in [5.41, 5.74) is 0. The second kappa shape index (κ2) is 7.46. The number of ether oxygens (including phenoxy) is 1. The van der Waals surface area contributed by atoms with E-state index in [1.54, 1.807) is 0 Å². The van der Waals surface area contributed by atoms with Crippen LogP contribution < -0.4 is 5.32 Å². The van der Waals surface area contributed by atoms with Crippen LogP contribution in [0.4, 0.5) is 0 Å². The Kier molecular flexibility index (Phi) is 6.61. The van der Waals surface area contributed by atoms with E-state index in [0.717, 1.165) is 25.0 Å². The summed E-state index contributed by atoms with van der Waals surface area (Å²) in [4.78, 5) is 2.65. The molecule has 0 spiro atoms. The van der Waals surface area contributed by atoms with E-state index < -0.39 is 0 Å². The van der Waals surface area contributed by atoms with Crippen LogP contribution in [-0.4, -0.2) is 49.8 Å². The Morgan fingerprint density at radius 2 is 1.94 bits per heavy atom. The van der Waals surface area contributed by atoms with E-state index in [9.17, 15) is 0 Å². The van der Waals surface area contributed by atoms with Crippen LogP contribution >= 0.6 is 0 Å². The van der Waals surface area contributed by atoms with Gasteiger partial charge >= 0.3 is 0 Å². The maximum absolute atomic E-state index is 5.43. The van der Waals surface area contributed by atoms with Crippen LogP contribution in [0.25, 0.3) is 0 Å². The van der Waals surface area contributed by atoms with E-state index in [0.29, 0.717) is 18.1 Å². The van der Waals surface area contributed by atoms with Crippen molar-refractivity contribution in [2.45, 2.75) is 59.2 Å². The van der Waals surface area contributed by atoms with Crippen molar-refractivity contribution >= 4 is 0 Å². The van der Waals surface area contributed by atoms with Crippen molar-refractivity contribution in [3.05, 3.63) is 0 Å². The summed E-state index contributed by atoms with van der Waals surface area (Å²) >= 11 is 0. The van der Waals surface area contributed by atoms with Crippen LogP contribution in [0.2, 0.25) is 0 Å². The fraction of sp³-hybridized carbons (Fsp3) is 1.00. The molecule has 1 aliphatic rings. The van der Waals surface area contributed by atoms with Crippen molar-refractivity contribution in [1.29, 1.82) is 0 Å². The molecule has 0 aliphatic carbocycles. The molecule has 1 fully saturated rings. The van der Waals surface area contributed by atoms with E-state index >= 15 is 0 Å². The molecular weight excluding hydrogens is 224 g/mol. The highest BCUT2D eigenvalue weighted by molar-refractivity contribution is 4.87. The van der Waals surface area contributed by atoms with Crippen molar-refractivity contribution in [1.82, 2.24) is 10.2 Å². The van der Waals surface area contributed by atoms with Gasteiger partial charge in [0.05, 0.1) is 6.61 Å². The van der Waals surface area contributed by atoms with Crippen molar-refractivity contribution in [2.24, 2.45) is 11.8 Å². The predicted molar refractivity (Wildman–Crippen MR) is 77.9 cm³/mol. The van der Waals surface area contributed by atoms with E-state index in [2.05, 4.69) is 44.8 Å². The lowest BCUT2D eigenvalue weighted by molar-refractivity contribution is 0.00606. The molecule has 3 nitrogen and oxygen atoms in total. The predicted octanol–water partition coefficient (Wildman–Crippen LogP) is 2.37. The molecule has 0 aromatic carbocycles. The van der Waals surface area contributed by atoms with Gasteiger partial charge in [0.25, 0.3) is 0 Å². The zero-order valence-corrected chi connectivity index (χ0v) is 13.1. The zero-order chi connectivity index (χ0) is 13.7. The van der Waals surface area contributed by atoms with Gasteiger partial charge in [-0.1, -0.05) is 27.7 Å². The summed E-state index contributed by atoms with van der Waals surface area (Å²) in [6, 6.07) is 1.70. The molecule has 0 aromatic heterocycles. The summed E-state index contributed by atoms with van der Waals surface area (Å²) < 4.78 is 5.43. The third kappa shape index (κ3) is 4.52. The maximum Gasteiger partial charge on any atom is 0.0630 e. The van der Waals surface area contributed by atoms with Crippen molar-refractivity contribution in [3.8, 4) is 0 Å². The van der Waals surface area contributed by atoms with Crippen molar-refractivity contribution < 1.29 is 4.74 Å². The maximum atomic E-state index is 5.43. The first-order chi connectivity index (χ1) is 8.45. The van der Waals surface area contributed by atoms with Gasteiger partial charge in [0.1, 0.15) is 0 Å². The summed E-state index contributed by atoms with van der Waals surface area (Å²) in [5.74, 6) is 1.58. The van der Waals surface area contributed by atoms with Gasteiger partial charge in [0.15, 0.2) is 0 Å². The third-order valence-electron chi connectivity index (χ3n) is 4.23. The molecular formula is C15H32N2O. The number of nitrogens with zero attached hydrogens (tertiary/aromatic N) is 1. The molecule has 0 amide bonds. The van der Waals surface area contributed by atoms with Gasteiger partial charge < -0.3 is 10.1 Å². The van der Waals surface area contributed by atoms with Crippen LogP contribution in [0.1, 0.15) is 41.0 Å². The van der Waals surface area contributed by atoms with Crippen LogP contribution in [0, 0.1) is 11.8 Å². The molecule has 1 heterocycles. The lowest BCUT2D eigenvalue weighted by Crippen LogP contribution is -2.55. The molecule has 0 aromatic rings. The molecule has 1 rings (SSSR count). The Balaban J connectivity index is 2.63. The number of rotatable bonds is 6. The third-order valence-corrected chi connectivity index (χ3v) is 4.23. The monoisotopic (exact) mass is 256 g/mol. The standard InChI is InChI=1S/C15H32N2O/c1-11(2)16-8-15(10-18-6)17-9-12(3)7-13(4)14(17)5/h11-16H,7-10H2,1-6H3. The van der Waals surface area contributed by atoms with Gasteiger partial charge in [-0.3, -0.25) is 4.90 Å². The Hall–Kier alpha value is -0.120. The van der Waals surface area contributed by atoms with Gasteiger partial charge in [-0.25, -0.2) is 0 Å². The van der Waals surface area contributed by atoms with Gasteiger partial charge in [-0.2, -0.15) is 0 Å². The molecule has 1 N–H and O–H groups in total. The molecule has 0 radical (unpaired) electrons. The Morgan fingerprint density at radius 3 is 2.50 bits per heavy atom. The quantitative estimate of drug-likeness (QED) is 0.789. The van der Waals surface area contributed by atoms with Crippen LogP contribution in [0.15, 0.2) is 0 Å². The van der Waals surface area contributed by atoms with E-state index in [1.807, 2.05) is 7.11 Å². The average molecular weight is 256 g/mol. The molecule has 3 heteroatoms. The molecule has 1 aliphatic heterocycles. The summed E-state index contributed by atoms with van der Waals surface area (Å²) in [7, 11) is 1.81. The average Bonchev–Trinajstić information content (AvgIpc) is 2.29. The highest BCUT2D eigenvalue weighted by Gasteiger charge is 2.33. The molecule has 18 heavy (non-hydrogen) atoms. The Bertz CT molecular complexity index is 233. The van der Waals surface area contributed by atoms with Gasteiger partial charge in [0.2, 0.25) is 0 Å². The van der Waals surface area contributed by atoms with Crippen molar-refractivity contribution in [2.75, 3.05) is 26.8 Å². The Labute approximate surface area is 113 Å². The largest absolute Gasteiger partial charge is 0.383 e. The summed E-state index contributed by atoms with van der Waals surface area (Å²) in [6.07, 6.45) is 1.36. The van der Waals surface area contributed by atoms with E-state index in [1.165, 1.54) is 13.0 Å². The molecule has 4 unspecified atom stereocenters. The number of nitrogens with one attached hydrogen (secondary N) is 1. The summed E-state index contributed by atoms with van der Waals surface area (Å²) in [6.45, 7) is 14.6. The SMILES string of the molecule is COCC(CNC(C)C)N1CC(C)CC(C)C1C. The molecule has 0 saturated carbocycles. The molecule has 108 valence electrons. The number of piperidine rings is 1. The number of likely N-dealkylation sites (tertiary alicyclic amines) is 1. The zero-order valence-electron chi connectivity index (χ0n) is 13.1. The number of hydrogen-bond acceptors (Lipinski definition) is 3. The van der Waals surface area contributed by atoms with E-state index in [4.69, 9.17) is 4.74 Å². The topological polar surface area (TPSA) is 24.5 Å². The number of hydrogen-bond donors (Lipinski definition) is 1. The van der Waals surface area contributed by atoms with Crippen LogP contribution in [0.5, 0.6) is 0 Å². The highest BCUT2D eigenvalue weighted by Crippen LogP contribution is 2.28. The normalized spacial score (nSPS) is 31.8. The van der Waals surface area contributed by atoms with Crippen LogP contribution in [0.3, 0.4) is 0 Å². The lowest BCUT2D eigenvalue weighted by atomic mass is 9.85. The minimum atomic E-state index is 0.498. The molecule has 4 atom stereocenters. The first-order valence-corrected chi connectivity index (χ1v) is 7.43. The van der Waals surface area contributed by atoms with Gasteiger partial charge in [-0.15, -0.1) is 0 Å². The van der Waals surface area contributed by atoms with Gasteiger partial charge in [0, 0.05) is 38.3 Å². The molecule has 0 bridgehead atoms. The molecule has 1 saturated heterocycles. The fourth-order valence-corrected chi connectivity index (χ4v) is 3.08. The summed E-state index contributed by atoms with van der Waals surface area (Å²) in [5, 5.41) is 3.56. The van der Waals surface area contributed by atoms with Crippen LogP contribution in [-0.2, 0) is 4.74 Å². The lowest BCUT2D eigenvalue weighted by Gasteiger charge is -2.45. The Morgan fingerprint density at radius 1 is 1.28 bits per heavy atom. The van der Waals surface area contributed by atoms with Gasteiger partial charge in [-0.05, 0) is 25.2 Å². The first-order valence-electron chi connectivity index (χ1n) is 7.43. The van der Waals surface area contributed by atoms with Crippen molar-refractivity contribution in [3.63, 3.8) is 0 Å². The minimum absolute atomic E-state index is 0.498. The smallest absolute Gasteiger partial charge is 0.0630 e. The fourth-order valence-electron chi connectivity index (χ4n) is 3.08. The second-order valence-electron chi connectivity index (χ2n) is 6.43. The number of methoxy groups -OCH3 is 1. The second-order valence-corrected chi connectivity index (χ2v) is 6.43. The first kappa shape index (κ1) is 15.9. The van der Waals surface area contributed by atoms with E-state index in [-0.39, 0.29) is 0 Å².